The Morgan fingerprint density at radius 1 is 0.467 bits per heavy atom. The van der Waals surface area contributed by atoms with E-state index in [1.807, 2.05) is 0 Å². The van der Waals surface area contributed by atoms with Gasteiger partial charge in [-0.2, -0.15) is 0 Å². The Morgan fingerprint density at radius 2 is 0.800 bits per heavy atom. The van der Waals surface area contributed by atoms with Crippen molar-refractivity contribution in [1.29, 1.82) is 0 Å². The maximum Gasteiger partial charge on any atom is 0.0896 e. The zero-order chi connectivity index (χ0) is 22.8. The molecule has 0 bridgehead atoms. The number of aliphatic hydroxyl groups is 1. The van der Waals surface area contributed by atoms with E-state index in [0.717, 1.165) is 38.5 Å². The summed E-state index contributed by atoms with van der Waals surface area (Å²) in [6, 6.07) is 0. The van der Waals surface area contributed by atoms with Crippen molar-refractivity contribution in [2.75, 3.05) is 0 Å². The number of rotatable bonds is 21. The molecule has 0 aliphatic rings. The lowest BCUT2D eigenvalue weighted by Crippen LogP contribution is -2.43. The molecule has 0 aliphatic carbocycles. The maximum atomic E-state index is 10.6. The summed E-state index contributed by atoms with van der Waals surface area (Å²) in [5.74, 6) is 0. The standard InChI is InChI=1S/C24H45Cl5O/c1-3-5-7-9-11-12-14-15-17-19(25)21(27)23(29)24(30)22(28)20(26)18-16-13-10-8-6-4-2/h19-24,30H,3-18H2,1-2H3/t19-,20+,21+,22-,23-,24-/m1/s1. The van der Waals surface area contributed by atoms with Gasteiger partial charge in [0.25, 0.3) is 0 Å². The van der Waals surface area contributed by atoms with Crippen LogP contribution >= 0.6 is 58.0 Å². The fourth-order valence-corrected chi connectivity index (χ4v) is 5.34. The van der Waals surface area contributed by atoms with Crippen LogP contribution in [0.3, 0.4) is 0 Å². The van der Waals surface area contributed by atoms with Gasteiger partial charge < -0.3 is 5.11 Å². The summed E-state index contributed by atoms with van der Waals surface area (Å²) in [5.41, 5.74) is 0. The lowest BCUT2D eigenvalue weighted by Gasteiger charge is -2.29. The molecule has 0 spiro atoms. The lowest BCUT2D eigenvalue weighted by molar-refractivity contribution is 0.157. The number of hydrogen-bond acceptors (Lipinski definition) is 1. The van der Waals surface area contributed by atoms with E-state index >= 15 is 0 Å². The predicted octanol–water partition coefficient (Wildman–Crippen LogP) is 9.67. The summed E-state index contributed by atoms with van der Waals surface area (Å²) in [6.45, 7) is 4.45. The van der Waals surface area contributed by atoms with E-state index in [9.17, 15) is 5.11 Å². The van der Waals surface area contributed by atoms with Crippen molar-refractivity contribution >= 4 is 58.0 Å². The number of aliphatic hydroxyl groups excluding tert-OH is 1. The number of halogens is 5. The molecule has 182 valence electrons. The van der Waals surface area contributed by atoms with Gasteiger partial charge in [0.15, 0.2) is 0 Å². The van der Waals surface area contributed by atoms with Gasteiger partial charge in [-0.25, -0.2) is 0 Å². The highest BCUT2D eigenvalue weighted by molar-refractivity contribution is 6.36. The van der Waals surface area contributed by atoms with Gasteiger partial charge in [0.1, 0.15) is 0 Å². The van der Waals surface area contributed by atoms with Crippen LogP contribution in [0.25, 0.3) is 0 Å². The normalized spacial score (nSPS) is 18.0. The van der Waals surface area contributed by atoms with Crippen molar-refractivity contribution in [1.82, 2.24) is 0 Å². The van der Waals surface area contributed by atoms with Crippen LogP contribution in [-0.4, -0.2) is 38.1 Å². The minimum atomic E-state index is -0.974. The Kier molecular flexibility index (Phi) is 22.0. The van der Waals surface area contributed by atoms with Crippen molar-refractivity contribution < 1.29 is 5.11 Å². The summed E-state index contributed by atoms with van der Waals surface area (Å²) < 4.78 is 0. The number of hydrogen-bond donors (Lipinski definition) is 1. The zero-order valence-electron chi connectivity index (χ0n) is 19.1. The molecule has 0 rings (SSSR count). The molecule has 6 heteroatoms. The van der Waals surface area contributed by atoms with Crippen LogP contribution in [0, 0.1) is 0 Å². The first kappa shape index (κ1) is 31.4. The Bertz CT molecular complexity index is 372. The molecule has 0 saturated heterocycles. The molecule has 0 unspecified atom stereocenters. The lowest BCUT2D eigenvalue weighted by atomic mass is 9.99. The second-order valence-corrected chi connectivity index (χ2v) is 11.3. The van der Waals surface area contributed by atoms with E-state index in [0.29, 0.717) is 0 Å². The predicted molar refractivity (Wildman–Crippen MR) is 139 cm³/mol. The number of unbranched alkanes of at least 4 members (excludes halogenated alkanes) is 12. The molecule has 1 N–H and O–H groups in total. The fraction of sp³-hybridized carbons (Fsp3) is 1.00. The number of alkyl halides is 5. The third kappa shape index (κ3) is 15.3. The largest absolute Gasteiger partial charge is 0.390 e. The molecule has 0 aromatic carbocycles. The highest BCUT2D eigenvalue weighted by atomic mass is 35.5. The molecule has 0 aromatic rings. The quantitative estimate of drug-likeness (QED) is 0.117. The summed E-state index contributed by atoms with van der Waals surface area (Å²) >= 11 is 32.2. The van der Waals surface area contributed by atoms with Gasteiger partial charge in [-0.3, -0.25) is 0 Å². The van der Waals surface area contributed by atoms with Crippen LogP contribution in [0.2, 0.25) is 0 Å². The monoisotopic (exact) mass is 524 g/mol. The Labute approximate surface area is 211 Å². The van der Waals surface area contributed by atoms with Crippen molar-refractivity contribution in [3.8, 4) is 0 Å². The van der Waals surface area contributed by atoms with E-state index in [-0.39, 0.29) is 10.8 Å². The highest BCUT2D eigenvalue weighted by Gasteiger charge is 2.36. The van der Waals surface area contributed by atoms with Crippen LogP contribution in [0.5, 0.6) is 0 Å². The highest BCUT2D eigenvalue weighted by Crippen LogP contribution is 2.30. The van der Waals surface area contributed by atoms with Crippen molar-refractivity contribution in [3.63, 3.8) is 0 Å². The molecule has 0 aromatic heterocycles. The van der Waals surface area contributed by atoms with Crippen molar-refractivity contribution in [2.24, 2.45) is 0 Å². The van der Waals surface area contributed by atoms with Gasteiger partial charge in [-0.15, -0.1) is 58.0 Å². The van der Waals surface area contributed by atoms with E-state index in [4.69, 9.17) is 58.0 Å². The van der Waals surface area contributed by atoms with Crippen LogP contribution in [0.1, 0.15) is 117 Å². The summed E-state index contributed by atoms with van der Waals surface area (Å²) in [6.07, 6.45) is 17.8. The smallest absolute Gasteiger partial charge is 0.0896 e. The minimum absolute atomic E-state index is 0.278. The molecule has 30 heavy (non-hydrogen) atoms. The van der Waals surface area contributed by atoms with E-state index < -0.39 is 22.2 Å². The molecule has 0 heterocycles. The molecule has 0 radical (unpaired) electrons. The van der Waals surface area contributed by atoms with Crippen molar-refractivity contribution in [3.05, 3.63) is 0 Å². The molecule has 6 atom stereocenters. The Hall–Kier alpha value is 1.41. The molecular formula is C24H45Cl5O. The molecule has 0 amide bonds. The Morgan fingerprint density at radius 3 is 1.20 bits per heavy atom. The summed E-state index contributed by atoms with van der Waals surface area (Å²) in [7, 11) is 0. The zero-order valence-corrected chi connectivity index (χ0v) is 22.9. The molecule has 0 fully saturated rings. The first-order valence-electron chi connectivity index (χ1n) is 12.2. The maximum absolute atomic E-state index is 10.6. The SMILES string of the molecule is CCCCCCCCCC[C@@H](Cl)[C@H](Cl)[C@@H](Cl)[C@H](O)[C@H](Cl)[C@@H](Cl)CCCCCCCC. The average molecular weight is 527 g/mol. The van der Waals surface area contributed by atoms with Gasteiger partial charge in [-0.05, 0) is 12.8 Å². The van der Waals surface area contributed by atoms with E-state index in [1.165, 1.54) is 64.2 Å². The van der Waals surface area contributed by atoms with E-state index in [1.54, 1.807) is 0 Å². The average Bonchev–Trinajstić information content (AvgIpc) is 2.75. The molecule has 1 nitrogen and oxygen atoms in total. The molecule has 0 saturated carbocycles. The molecule has 0 aliphatic heterocycles. The van der Waals surface area contributed by atoms with Gasteiger partial charge in [-0.1, -0.05) is 104 Å². The first-order chi connectivity index (χ1) is 14.4. The fourth-order valence-electron chi connectivity index (χ4n) is 3.69. The van der Waals surface area contributed by atoms with Gasteiger partial charge in [0.05, 0.1) is 33.0 Å². The van der Waals surface area contributed by atoms with E-state index in [2.05, 4.69) is 13.8 Å². The second-order valence-electron chi connectivity index (χ2n) is 8.68. The van der Waals surface area contributed by atoms with Gasteiger partial charge in [0.2, 0.25) is 0 Å². The van der Waals surface area contributed by atoms with Crippen LogP contribution in [0.15, 0.2) is 0 Å². The van der Waals surface area contributed by atoms with Crippen LogP contribution < -0.4 is 0 Å². The van der Waals surface area contributed by atoms with Crippen LogP contribution in [0.4, 0.5) is 0 Å². The summed E-state index contributed by atoms with van der Waals surface area (Å²) in [5, 5.41) is 8.10. The van der Waals surface area contributed by atoms with Gasteiger partial charge in [0, 0.05) is 0 Å². The first-order valence-corrected chi connectivity index (χ1v) is 14.4. The van der Waals surface area contributed by atoms with Gasteiger partial charge >= 0.3 is 0 Å². The summed E-state index contributed by atoms with van der Waals surface area (Å²) in [4.78, 5) is 0. The molecular weight excluding hydrogens is 482 g/mol. The second kappa shape index (κ2) is 21.0. The Balaban J connectivity index is 4.06. The topological polar surface area (TPSA) is 20.2 Å². The third-order valence-electron chi connectivity index (χ3n) is 5.81. The van der Waals surface area contributed by atoms with Crippen molar-refractivity contribution in [2.45, 2.75) is 150 Å². The third-order valence-corrected chi connectivity index (χ3v) is 8.85. The van der Waals surface area contributed by atoms with Crippen LogP contribution in [-0.2, 0) is 0 Å². The minimum Gasteiger partial charge on any atom is -0.390 e.